The maximum atomic E-state index is 13.2. The van der Waals surface area contributed by atoms with Crippen molar-refractivity contribution < 1.29 is 19.0 Å². The Bertz CT molecular complexity index is 1240. The quantitative estimate of drug-likeness (QED) is 0.336. The van der Waals surface area contributed by atoms with E-state index < -0.39 is 12.0 Å². The molecule has 0 aliphatic carbocycles. The van der Waals surface area contributed by atoms with Gasteiger partial charge >= 0.3 is 5.97 Å². The summed E-state index contributed by atoms with van der Waals surface area (Å²) in [5, 5.41) is 3.28. The SMILES string of the molecule is C=CCOC(=O)C1=C(C)Nc2nc3ccccc3n2C1c1ccc(OCCC(C)C)c(OC)c1. The van der Waals surface area contributed by atoms with Gasteiger partial charge in [-0.15, -0.1) is 0 Å². The number of carbonyl (C=O) groups is 1. The first-order valence-corrected chi connectivity index (χ1v) is 11.5. The van der Waals surface area contributed by atoms with Gasteiger partial charge in [0.05, 0.1) is 36.4 Å². The molecule has 7 heteroatoms. The molecule has 4 rings (SSSR count). The van der Waals surface area contributed by atoms with Crippen LogP contribution in [0.1, 0.15) is 38.8 Å². The average molecular weight is 462 g/mol. The summed E-state index contributed by atoms with van der Waals surface area (Å²) in [4.78, 5) is 17.9. The van der Waals surface area contributed by atoms with E-state index in [9.17, 15) is 4.79 Å². The maximum absolute atomic E-state index is 13.2. The summed E-state index contributed by atoms with van der Waals surface area (Å²) in [6.07, 6.45) is 2.51. The molecule has 0 spiro atoms. The fraction of sp³-hybridized carbons (Fsp3) is 0.333. The van der Waals surface area contributed by atoms with Crippen molar-refractivity contribution in [1.29, 1.82) is 0 Å². The average Bonchev–Trinajstić information content (AvgIpc) is 3.19. The molecule has 1 aromatic heterocycles. The number of benzene rings is 2. The fourth-order valence-corrected chi connectivity index (χ4v) is 4.13. The summed E-state index contributed by atoms with van der Waals surface area (Å²) < 4.78 is 19.1. The zero-order chi connectivity index (χ0) is 24.2. The summed E-state index contributed by atoms with van der Waals surface area (Å²) in [5.74, 6) is 2.09. The van der Waals surface area contributed by atoms with Crippen LogP contribution in [0, 0.1) is 5.92 Å². The van der Waals surface area contributed by atoms with E-state index in [-0.39, 0.29) is 6.61 Å². The van der Waals surface area contributed by atoms with Crippen LogP contribution in [0.15, 0.2) is 66.4 Å². The number of fused-ring (bicyclic) bond motifs is 3. The molecular formula is C27H31N3O4. The number of carbonyl (C=O) groups excluding carboxylic acids is 1. The number of nitrogens with zero attached hydrogens (tertiary/aromatic N) is 2. The van der Waals surface area contributed by atoms with Gasteiger partial charge in [-0.3, -0.25) is 4.57 Å². The number of hydrogen-bond acceptors (Lipinski definition) is 6. The molecule has 0 radical (unpaired) electrons. The minimum Gasteiger partial charge on any atom is -0.493 e. The standard InChI is InChI=1S/C27H31N3O4/c1-6-14-34-26(31)24-18(4)28-27-29-20-9-7-8-10-21(20)30(27)25(24)19-11-12-22(23(16-19)32-5)33-15-13-17(2)3/h6-12,16-17,25H,1,13-15H2,2-5H3,(H,28,29). The molecule has 0 amide bonds. The highest BCUT2D eigenvalue weighted by Gasteiger charge is 2.35. The Kier molecular flexibility index (Phi) is 6.91. The normalized spacial score (nSPS) is 15.1. The van der Waals surface area contributed by atoms with E-state index in [1.54, 1.807) is 13.2 Å². The first-order valence-electron chi connectivity index (χ1n) is 11.5. The smallest absolute Gasteiger partial charge is 0.338 e. The van der Waals surface area contributed by atoms with Gasteiger partial charge in [-0.25, -0.2) is 9.78 Å². The third kappa shape index (κ3) is 4.51. The summed E-state index contributed by atoms with van der Waals surface area (Å²) in [6, 6.07) is 13.2. The molecule has 7 nitrogen and oxygen atoms in total. The molecule has 178 valence electrons. The minimum absolute atomic E-state index is 0.131. The molecule has 1 unspecified atom stereocenters. The molecule has 34 heavy (non-hydrogen) atoms. The second-order valence-electron chi connectivity index (χ2n) is 8.69. The zero-order valence-electron chi connectivity index (χ0n) is 20.1. The third-order valence-electron chi connectivity index (χ3n) is 5.84. The van der Waals surface area contributed by atoms with E-state index in [2.05, 4.69) is 25.7 Å². The number of esters is 1. The number of methoxy groups -OCH3 is 1. The maximum Gasteiger partial charge on any atom is 0.338 e. The topological polar surface area (TPSA) is 74.6 Å². The summed E-state index contributed by atoms with van der Waals surface area (Å²) in [6.45, 7) is 10.6. The largest absolute Gasteiger partial charge is 0.493 e. The lowest BCUT2D eigenvalue weighted by Crippen LogP contribution is -2.29. The van der Waals surface area contributed by atoms with Crippen LogP contribution in [0.25, 0.3) is 11.0 Å². The Morgan fingerprint density at radius 2 is 2.03 bits per heavy atom. The van der Waals surface area contributed by atoms with Gasteiger partial charge in [0.25, 0.3) is 0 Å². The first-order chi connectivity index (χ1) is 16.4. The van der Waals surface area contributed by atoms with E-state index in [1.165, 1.54) is 0 Å². The molecule has 1 aliphatic rings. The molecule has 1 aliphatic heterocycles. The predicted molar refractivity (Wildman–Crippen MR) is 133 cm³/mol. The van der Waals surface area contributed by atoms with E-state index in [1.807, 2.05) is 54.0 Å². The molecule has 0 saturated heterocycles. The number of allylic oxidation sites excluding steroid dienone is 1. The van der Waals surface area contributed by atoms with Gasteiger partial charge in [0.1, 0.15) is 6.61 Å². The van der Waals surface area contributed by atoms with E-state index >= 15 is 0 Å². The van der Waals surface area contributed by atoms with Gasteiger partial charge in [-0.1, -0.05) is 44.7 Å². The van der Waals surface area contributed by atoms with Crippen molar-refractivity contribution in [2.24, 2.45) is 5.92 Å². The first kappa shape index (κ1) is 23.4. The highest BCUT2D eigenvalue weighted by atomic mass is 16.5. The number of para-hydroxylation sites is 2. The Morgan fingerprint density at radius 3 is 2.76 bits per heavy atom. The lowest BCUT2D eigenvalue weighted by Gasteiger charge is -2.30. The van der Waals surface area contributed by atoms with Crippen molar-refractivity contribution in [3.05, 3.63) is 72.0 Å². The van der Waals surface area contributed by atoms with Crippen LogP contribution < -0.4 is 14.8 Å². The lowest BCUT2D eigenvalue weighted by molar-refractivity contribution is -0.138. The minimum atomic E-state index is -0.459. The number of nitrogens with one attached hydrogen (secondary N) is 1. The van der Waals surface area contributed by atoms with Crippen LogP contribution >= 0.6 is 0 Å². The Balaban J connectivity index is 1.82. The number of anilines is 1. The van der Waals surface area contributed by atoms with Crippen LogP contribution in [-0.4, -0.2) is 35.8 Å². The Hall–Kier alpha value is -3.74. The van der Waals surface area contributed by atoms with Crippen LogP contribution in [0.5, 0.6) is 11.5 Å². The van der Waals surface area contributed by atoms with Crippen molar-refractivity contribution in [3.8, 4) is 11.5 Å². The number of imidazole rings is 1. The predicted octanol–water partition coefficient (Wildman–Crippen LogP) is 5.49. The van der Waals surface area contributed by atoms with Gasteiger partial charge in [0.2, 0.25) is 5.95 Å². The van der Waals surface area contributed by atoms with Gasteiger partial charge in [-0.2, -0.15) is 0 Å². The fourth-order valence-electron chi connectivity index (χ4n) is 4.13. The highest BCUT2D eigenvalue weighted by molar-refractivity contribution is 5.94. The molecule has 2 heterocycles. The van der Waals surface area contributed by atoms with Crippen molar-refractivity contribution >= 4 is 23.0 Å². The van der Waals surface area contributed by atoms with Crippen molar-refractivity contribution in [1.82, 2.24) is 9.55 Å². The number of rotatable bonds is 9. The van der Waals surface area contributed by atoms with Crippen LogP contribution in [-0.2, 0) is 9.53 Å². The summed E-state index contributed by atoms with van der Waals surface area (Å²) in [7, 11) is 1.62. The number of hydrogen-bond donors (Lipinski definition) is 1. The Labute approximate surface area is 200 Å². The van der Waals surface area contributed by atoms with Crippen LogP contribution in [0.4, 0.5) is 5.95 Å². The van der Waals surface area contributed by atoms with Crippen LogP contribution in [0.2, 0.25) is 0 Å². The Morgan fingerprint density at radius 1 is 1.24 bits per heavy atom. The van der Waals surface area contributed by atoms with Crippen LogP contribution in [0.3, 0.4) is 0 Å². The van der Waals surface area contributed by atoms with E-state index in [4.69, 9.17) is 19.2 Å². The van der Waals surface area contributed by atoms with Gasteiger partial charge in [0, 0.05) is 5.70 Å². The molecule has 0 fully saturated rings. The molecule has 3 aromatic rings. The van der Waals surface area contributed by atoms with Crippen molar-refractivity contribution in [2.75, 3.05) is 25.6 Å². The van der Waals surface area contributed by atoms with Crippen molar-refractivity contribution in [3.63, 3.8) is 0 Å². The van der Waals surface area contributed by atoms with Gasteiger partial charge < -0.3 is 19.5 Å². The second-order valence-corrected chi connectivity index (χ2v) is 8.69. The molecule has 1 atom stereocenters. The van der Waals surface area contributed by atoms with Gasteiger partial charge in [0.15, 0.2) is 11.5 Å². The molecule has 1 N–H and O–H groups in total. The number of aromatic nitrogens is 2. The van der Waals surface area contributed by atoms with E-state index in [0.29, 0.717) is 41.2 Å². The molecule has 0 saturated carbocycles. The number of ether oxygens (including phenoxy) is 3. The van der Waals surface area contributed by atoms with Gasteiger partial charge in [-0.05, 0) is 49.1 Å². The highest BCUT2D eigenvalue weighted by Crippen LogP contribution is 2.42. The third-order valence-corrected chi connectivity index (χ3v) is 5.84. The van der Waals surface area contributed by atoms with E-state index in [0.717, 1.165) is 23.0 Å². The lowest BCUT2D eigenvalue weighted by atomic mass is 9.94. The summed E-state index contributed by atoms with van der Waals surface area (Å²) >= 11 is 0. The monoisotopic (exact) mass is 461 g/mol. The molecular weight excluding hydrogens is 430 g/mol. The van der Waals surface area contributed by atoms with Crippen molar-refractivity contribution in [2.45, 2.75) is 33.2 Å². The molecule has 2 aromatic carbocycles. The zero-order valence-corrected chi connectivity index (χ0v) is 20.1. The molecule has 0 bridgehead atoms. The second kappa shape index (κ2) is 10.0. The summed E-state index contributed by atoms with van der Waals surface area (Å²) in [5.41, 5.74) is 3.81.